The minimum Gasteiger partial charge on any atom is -0.346 e. The van der Waals surface area contributed by atoms with E-state index in [-0.39, 0.29) is 48.1 Å². The Labute approximate surface area is 153 Å². The van der Waals surface area contributed by atoms with Gasteiger partial charge in [-0.05, 0) is 56.8 Å². The van der Waals surface area contributed by atoms with Crippen LogP contribution in [-0.4, -0.2) is 33.6 Å². The standard InChI is InChI=1S/C16H21N5O.2ClH/c1-11(14-20-19-13-4-2-3-9-21(13)14)18-15(22)12-10-16(12)5-7-17-8-6-16;;/h2-4,9,11-12,17H,5-8,10H2,1H3,(H,18,22);2*1H. The zero-order chi connectivity index (χ0) is 15.2. The number of aromatic nitrogens is 3. The summed E-state index contributed by atoms with van der Waals surface area (Å²) in [6, 6.07) is 5.65. The number of pyridine rings is 1. The Morgan fingerprint density at radius 1 is 1.33 bits per heavy atom. The molecule has 0 aromatic carbocycles. The number of amides is 1. The fourth-order valence-electron chi connectivity index (χ4n) is 3.73. The molecular formula is C16H23Cl2N5O. The van der Waals surface area contributed by atoms with Gasteiger partial charge in [-0.25, -0.2) is 0 Å². The van der Waals surface area contributed by atoms with Gasteiger partial charge >= 0.3 is 0 Å². The number of nitrogens with one attached hydrogen (secondary N) is 2. The van der Waals surface area contributed by atoms with Gasteiger partial charge < -0.3 is 10.6 Å². The molecular weight excluding hydrogens is 349 g/mol. The summed E-state index contributed by atoms with van der Waals surface area (Å²) >= 11 is 0. The second-order valence-electron chi connectivity index (χ2n) is 6.59. The second-order valence-corrected chi connectivity index (χ2v) is 6.59. The minimum atomic E-state index is -0.135. The summed E-state index contributed by atoms with van der Waals surface area (Å²) < 4.78 is 1.93. The van der Waals surface area contributed by atoms with Crippen LogP contribution in [0.15, 0.2) is 24.4 Å². The number of rotatable bonds is 3. The molecule has 8 heteroatoms. The molecule has 2 atom stereocenters. The van der Waals surface area contributed by atoms with E-state index >= 15 is 0 Å². The first-order valence-electron chi connectivity index (χ1n) is 8.00. The van der Waals surface area contributed by atoms with E-state index in [2.05, 4.69) is 20.8 Å². The van der Waals surface area contributed by atoms with Gasteiger partial charge in [0.1, 0.15) is 0 Å². The van der Waals surface area contributed by atoms with E-state index in [1.165, 1.54) is 0 Å². The summed E-state index contributed by atoms with van der Waals surface area (Å²) in [6.07, 6.45) is 5.20. The molecule has 2 aromatic heterocycles. The normalized spacial score (nSPS) is 22.3. The molecule has 1 aliphatic carbocycles. The second kappa shape index (κ2) is 7.25. The maximum Gasteiger partial charge on any atom is 0.224 e. The molecule has 132 valence electrons. The molecule has 1 amide bonds. The summed E-state index contributed by atoms with van der Waals surface area (Å²) in [5.41, 5.74) is 1.07. The van der Waals surface area contributed by atoms with E-state index < -0.39 is 0 Å². The topological polar surface area (TPSA) is 71.3 Å². The molecule has 24 heavy (non-hydrogen) atoms. The molecule has 1 saturated heterocycles. The van der Waals surface area contributed by atoms with Crippen LogP contribution in [0, 0.1) is 11.3 Å². The lowest BCUT2D eigenvalue weighted by molar-refractivity contribution is -0.124. The van der Waals surface area contributed by atoms with Crippen molar-refractivity contribution in [1.82, 2.24) is 25.2 Å². The number of nitrogens with zero attached hydrogens (tertiary/aromatic N) is 3. The van der Waals surface area contributed by atoms with Gasteiger partial charge in [0.05, 0.1) is 6.04 Å². The van der Waals surface area contributed by atoms with Crippen molar-refractivity contribution in [2.24, 2.45) is 11.3 Å². The van der Waals surface area contributed by atoms with E-state index in [9.17, 15) is 4.79 Å². The van der Waals surface area contributed by atoms with Crippen molar-refractivity contribution >= 4 is 36.4 Å². The van der Waals surface area contributed by atoms with Crippen molar-refractivity contribution in [3.63, 3.8) is 0 Å². The summed E-state index contributed by atoms with van der Waals surface area (Å²) in [7, 11) is 0. The summed E-state index contributed by atoms with van der Waals surface area (Å²) in [6.45, 7) is 4.04. The molecule has 2 aliphatic rings. The Kier molecular flexibility index (Phi) is 5.73. The van der Waals surface area contributed by atoms with Gasteiger partial charge in [0, 0.05) is 12.1 Å². The van der Waals surface area contributed by atoms with Crippen LogP contribution in [0.1, 0.15) is 38.1 Å². The lowest BCUT2D eigenvalue weighted by Gasteiger charge is -2.23. The number of carbonyl (C=O) groups is 1. The Morgan fingerprint density at radius 2 is 2.08 bits per heavy atom. The molecule has 2 aromatic rings. The molecule has 1 saturated carbocycles. The molecule has 3 heterocycles. The van der Waals surface area contributed by atoms with Crippen molar-refractivity contribution in [3.8, 4) is 0 Å². The highest BCUT2D eigenvalue weighted by atomic mass is 35.5. The lowest BCUT2D eigenvalue weighted by Crippen LogP contribution is -2.35. The smallest absolute Gasteiger partial charge is 0.224 e. The monoisotopic (exact) mass is 371 g/mol. The van der Waals surface area contributed by atoms with E-state index in [0.717, 1.165) is 43.8 Å². The quantitative estimate of drug-likeness (QED) is 0.866. The predicted molar refractivity (Wildman–Crippen MR) is 96.7 cm³/mol. The average Bonchev–Trinajstić information content (AvgIpc) is 3.05. The number of hydrogen-bond donors (Lipinski definition) is 2. The Bertz CT molecular complexity index is 713. The molecule has 2 N–H and O–H groups in total. The maximum absolute atomic E-state index is 12.5. The van der Waals surface area contributed by atoms with Crippen LogP contribution in [0.2, 0.25) is 0 Å². The van der Waals surface area contributed by atoms with Gasteiger partial charge in [0.2, 0.25) is 5.91 Å². The van der Waals surface area contributed by atoms with Crippen molar-refractivity contribution in [2.45, 2.75) is 32.2 Å². The van der Waals surface area contributed by atoms with Crippen LogP contribution < -0.4 is 10.6 Å². The van der Waals surface area contributed by atoms with Crippen molar-refractivity contribution in [3.05, 3.63) is 30.2 Å². The molecule has 1 aliphatic heterocycles. The zero-order valence-electron chi connectivity index (χ0n) is 13.6. The van der Waals surface area contributed by atoms with Gasteiger partial charge in [-0.15, -0.1) is 35.0 Å². The zero-order valence-corrected chi connectivity index (χ0v) is 15.2. The molecule has 2 unspecified atom stereocenters. The molecule has 6 nitrogen and oxygen atoms in total. The highest BCUT2D eigenvalue weighted by Gasteiger charge is 2.57. The molecule has 0 radical (unpaired) electrons. The van der Waals surface area contributed by atoms with E-state index in [0.29, 0.717) is 0 Å². The lowest BCUT2D eigenvalue weighted by atomic mass is 9.91. The van der Waals surface area contributed by atoms with E-state index in [1.807, 2.05) is 35.7 Å². The van der Waals surface area contributed by atoms with Crippen LogP contribution in [-0.2, 0) is 4.79 Å². The molecule has 0 bridgehead atoms. The van der Waals surface area contributed by atoms with Crippen LogP contribution in [0.5, 0.6) is 0 Å². The first-order valence-corrected chi connectivity index (χ1v) is 8.00. The highest BCUT2D eigenvalue weighted by Crippen LogP contribution is 2.58. The van der Waals surface area contributed by atoms with E-state index in [1.54, 1.807) is 0 Å². The van der Waals surface area contributed by atoms with Gasteiger partial charge in [-0.1, -0.05) is 6.07 Å². The Hall–Kier alpha value is -1.37. The fourth-order valence-corrected chi connectivity index (χ4v) is 3.73. The number of fused-ring (bicyclic) bond motifs is 1. The largest absolute Gasteiger partial charge is 0.346 e. The first-order chi connectivity index (χ1) is 10.7. The Morgan fingerprint density at radius 3 is 2.83 bits per heavy atom. The summed E-state index contributed by atoms with van der Waals surface area (Å²) in [5.74, 6) is 1.13. The van der Waals surface area contributed by atoms with Crippen molar-refractivity contribution < 1.29 is 4.79 Å². The third kappa shape index (κ3) is 3.23. The predicted octanol–water partition coefficient (Wildman–Crippen LogP) is 2.14. The first kappa shape index (κ1) is 19.0. The number of halogens is 2. The minimum absolute atomic E-state index is 0. The summed E-state index contributed by atoms with van der Waals surface area (Å²) in [5, 5.41) is 14.9. The van der Waals surface area contributed by atoms with E-state index in [4.69, 9.17) is 0 Å². The number of carbonyl (C=O) groups excluding carboxylic acids is 1. The van der Waals surface area contributed by atoms with Gasteiger partial charge in [-0.3, -0.25) is 9.20 Å². The van der Waals surface area contributed by atoms with Crippen molar-refractivity contribution in [2.75, 3.05) is 13.1 Å². The number of hydrogen-bond acceptors (Lipinski definition) is 4. The molecule has 4 rings (SSSR count). The molecule has 1 spiro atoms. The van der Waals surface area contributed by atoms with Gasteiger partial charge in [0.25, 0.3) is 0 Å². The third-order valence-electron chi connectivity index (χ3n) is 5.19. The summed E-state index contributed by atoms with van der Waals surface area (Å²) in [4.78, 5) is 12.5. The van der Waals surface area contributed by atoms with Crippen LogP contribution in [0.3, 0.4) is 0 Å². The highest BCUT2D eigenvalue weighted by molar-refractivity contribution is 5.85. The average molecular weight is 372 g/mol. The van der Waals surface area contributed by atoms with Crippen LogP contribution in [0.25, 0.3) is 5.65 Å². The van der Waals surface area contributed by atoms with Crippen molar-refractivity contribution in [1.29, 1.82) is 0 Å². The SMILES string of the molecule is CC(NC(=O)C1CC12CCNCC2)c1nnc2ccccn12.Cl.Cl. The van der Waals surface area contributed by atoms with Gasteiger partial charge in [-0.2, -0.15) is 0 Å². The Balaban J connectivity index is 0.00000104. The van der Waals surface area contributed by atoms with Gasteiger partial charge in [0.15, 0.2) is 11.5 Å². The third-order valence-corrected chi connectivity index (χ3v) is 5.19. The maximum atomic E-state index is 12.5. The molecule has 2 fully saturated rings. The fraction of sp³-hybridized carbons (Fsp3) is 0.562. The van der Waals surface area contributed by atoms with Crippen LogP contribution >= 0.6 is 24.8 Å². The number of piperidine rings is 1. The van der Waals surface area contributed by atoms with Crippen LogP contribution in [0.4, 0.5) is 0 Å².